The van der Waals surface area contributed by atoms with Crippen molar-refractivity contribution < 1.29 is 27.5 Å². The maximum Gasteiger partial charge on any atom is 0.410 e. The second-order valence-electron chi connectivity index (χ2n) is 7.69. The van der Waals surface area contributed by atoms with Crippen molar-refractivity contribution in [2.75, 3.05) is 19.7 Å². The zero-order valence-electron chi connectivity index (χ0n) is 17.2. The van der Waals surface area contributed by atoms with Crippen LogP contribution < -0.4 is 0 Å². The number of cyclic esters (lactones) is 1. The van der Waals surface area contributed by atoms with E-state index in [2.05, 4.69) is 15.9 Å². The summed E-state index contributed by atoms with van der Waals surface area (Å²) in [6.45, 7) is 0.536. The number of carbonyl (C=O) groups excluding carboxylic acids is 2. The summed E-state index contributed by atoms with van der Waals surface area (Å²) in [7, 11) is -3.64. The van der Waals surface area contributed by atoms with Gasteiger partial charge in [-0.1, -0.05) is 52.3 Å². The van der Waals surface area contributed by atoms with Gasteiger partial charge in [-0.05, 0) is 36.6 Å². The van der Waals surface area contributed by atoms with Gasteiger partial charge in [0.15, 0.2) is 6.04 Å². The van der Waals surface area contributed by atoms with Crippen LogP contribution in [0.3, 0.4) is 0 Å². The van der Waals surface area contributed by atoms with Crippen molar-refractivity contribution in [3.8, 4) is 0 Å². The molecule has 10 heteroatoms. The Kier molecular flexibility index (Phi) is 6.82. The van der Waals surface area contributed by atoms with Gasteiger partial charge in [0.2, 0.25) is 10.0 Å². The van der Waals surface area contributed by atoms with E-state index in [4.69, 9.17) is 9.47 Å². The number of rotatable bonds is 6. The molecule has 2 heterocycles. The van der Waals surface area contributed by atoms with E-state index < -0.39 is 28.1 Å². The fraction of sp³-hybridized carbons (Fsp3) is 0.364. The molecule has 4 rings (SSSR count). The van der Waals surface area contributed by atoms with Gasteiger partial charge >= 0.3 is 12.1 Å². The van der Waals surface area contributed by atoms with E-state index >= 15 is 0 Å². The van der Waals surface area contributed by atoms with Crippen LogP contribution in [0.1, 0.15) is 18.4 Å². The van der Waals surface area contributed by atoms with Crippen molar-refractivity contribution in [2.45, 2.75) is 36.4 Å². The Hall–Kier alpha value is -2.43. The lowest BCUT2D eigenvalue weighted by molar-refractivity contribution is -0.150. The summed E-state index contributed by atoms with van der Waals surface area (Å²) in [5.74, 6) is -0.524. The van der Waals surface area contributed by atoms with Crippen LogP contribution in [0.15, 0.2) is 64.0 Å². The summed E-state index contributed by atoms with van der Waals surface area (Å²) in [4.78, 5) is 26.6. The second-order valence-corrected chi connectivity index (χ2v) is 10.5. The van der Waals surface area contributed by atoms with Gasteiger partial charge in [0.05, 0.1) is 4.90 Å². The van der Waals surface area contributed by atoms with Crippen LogP contribution in [0.25, 0.3) is 0 Å². The summed E-state index contributed by atoms with van der Waals surface area (Å²) in [6.07, 6.45) is 0.246. The van der Waals surface area contributed by atoms with E-state index in [0.717, 1.165) is 5.56 Å². The first-order valence-electron chi connectivity index (χ1n) is 10.3. The Balaban J connectivity index is 1.39. The second kappa shape index (κ2) is 9.60. The molecular weight excluding hydrogens is 500 g/mol. The summed E-state index contributed by atoms with van der Waals surface area (Å²) in [6, 6.07) is 14.7. The fourth-order valence-electron chi connectivity index (χ4n) is 3.98. The van der Waals surface area contributed by atoms with E-state index in [-0.39, 0.29) is 37.2 Å². The summed E-state index contributed by atoms with van der Waals surface area (Å²) in [5.41, 5.74) is 0.851. The largest absolute Gasteiger partial charge is 0.459 e. The number of hydrogen-bond acceptors (Lipinski definition) is 6. The quantitative estimate of drug-likeness (QED) is 0.541. The van der Waals surface area contributed by atoms with Crippen LogP contribution in [-0.4, -0.2) is 61.5 Å². The van der Waals surface area contributed by atoms with Crippen molar-refractivity contribution in [3.63, 3.8) is 0 Å². The van der Waals surface area contributed by atoms with Crippen LogP contribution in [0.2, 0.25) is 0 Å². The third-order valence-corrected chi connectivity index (χ3v) is 8.05. The monoisotopic (exact) mass is 522 g/mol. The maximum absolute atomic E-state index is 12.9. The van der Waals surface area contributed by atoms with Crippen LogP contribution in [0.4, 0.5) is 4.79 Å². The molecule has 1 amide bonds. The first kappa shape index (κ1) is 22.8. The molecule has 2 saturated heterocycles. The molecule has 0 radical (unpaired) electrons. The van der Waals surface area contributed by atoms with Gasteiger partial charge in [-0.25, -0.2) is 18.0 Å². The highest BCUT2D eigenvalue weighted by molar-refractivity contribution is 9.10. The Morgan fingerprint density at radius 3 is 2.50 bits per heavy atom. The van der Waals surface area contributed by atoms with Gasteiger partial charge in [-0.2, -0.15) is 4.31 Å². The number of amides is 1. The zero-order chi connectivity index (χ0) is 22.7. The average Bonchev–Trinajstić information content (AvgIpc) is 3.19. The highest BCUT2D eigenvalue weighted by Gasteiger charge is 2.45. The van der Waals surface area contributed by atoms with Crippen molar-refractivity contribution in [3.05, 3.63) is 64.6 Å². The molecule has 2 aliphatic rings. The van der Waals surface area contributed by atoms with Crippen molar-refractivity contribution >= 4 is 38.0 Å². The third kappa shape index (κ3) is 4.82. The zero-order valence-corrected chi connectivity index (χ0v) is 19.6. The number of ether oxygens (including phenoxy) is 2. The van der Waals surface area contributed by atoms with Crippen LogP contribution in [0.5, 0.6) is 0 Å². The first-order valence-corrected chi connectivity index (χ1v) is 12.5. The predicted molar refractivity (Wildman–Crippen MR) is 119 cm³/mol. The lowest BCUT2D eigenvalue weighted by atomic mass is 10.0. The molecule has 0 bridgehead atoms. The lowest BCUT2D eigenvalue weighted by Gasteiger charge is -2.36. The standard InChI is InChI=1S/C22H23BrN2O6S/c23-17-7-4-8-19(13-17)32(28,29)24-11-9-18(10-12-24)25-20(15-31-22(25)27)21(26)30-14-16-5-2-1-3-6-16/h1-8,13,18,20H,9-12,14-15H2. The van der Waals surface area contributed by atoms with Gasteiger partial charge in [-0.3, -0.25) is 4.90 Å². The van der Waals surface area contributed by atoms with Gasteiger partial charge in [0, 0.05) is 23.6 Å². The molecule has 2 aliphatic heterocycles. The molecule has 0 N–H and O–H groups in total. The number of hydrogen-bond donors (Lipinski definition) is 0. The number of nitrogens with zero attached hydrogens (tertiary/aromatic N) is 2. The van der Waals surface area contributed by atoms with E-state index in [0.29, 0.717) is 17.3 Å². The molecule has 0 aromatic heterocycles. The summed E-state index contributed by atoms with van der Waals surface area (Å²) in [5, 5.41) is 0. The highest BCUT2D eigenvalue weighted by Crippen LogP contribution is 2.28. The Labute approximate surface area is 195 Å². The molecular formula is C22H23BrN2O6S. The van der Waals surface area contributed by atoms with E-state index in [1.807, 2.05) is 30.3 Å². The molecule has 0 spiro atoms. The van der Waals surface area contributed by atoms with Gasteiger partial charge in [0.25, 0.3) is 0 Å². The minimum absolute atomic E-state index is 0.0665. The van der Waals surface area contributed by atoms with E-state index in [1.165, 1.54) is 9.21 Å². The molecule has 170 valence electrons. The van der Waals surface area contributed by atoms with Crippen LogP contribution in [-0.2, 0) is 30.9 Å². The normalized spacial score (nSPS) is 20.2. The maximum atomic E-state index is 12.9. The molecule has 32 heavy (non-hydrogen) atoms. The molecule has 1 unspecified atom stereocenters. The highest BCUT2D eigenvalue weighted by atomic mass is 79.9. The minimum Gasteiger partial charge on any atom is -0.459 e. The molecule has 0 saturated carbocycles. The molecule has 2 fully saturated rings. The van der Waals surface area contributed by atoms with Gasteiger partial charge in [-0.15, -0.1) is 0 Å². The number of carbonyl (C=O) groups is 2. The molecule has 2 aromatic carbocycles. The Morgan fingerprint density at radius 2 is 1.81 bits per heavy atom. The number of benzene rings is 2. The molecule has 8 nitrogen and oxygen atoms in total. The number of esters is 1. The lowest BCUT2D eigenvalue weighted by Crippen LogP contribution is -2.52. The SMILES string of the molecule is O=C(OCc1ccccc1)C1COC(=O)N1C1CCN(S(=O)(=O)c2cccc(Br)c2)CC1. The number of sulfonamides is 1. The van der Waals surface area contributed by atoms with Crippen LogP contribution >= 0.6 is 15.9 Å². The fourth-order valence-corrected chi connectivity index (χ4v) is 6.05. The van der Waals surface area contributed by atoms with E-state index in [9.17, 15) is 18.0 Å². The predicted octanol–water partition coefficient (Wildman–Crippen LogP) is 3.17. The average molecular weight is 523 g/mol. The third-order valence-electron chi connectivity index (χ3n) is 5.66. The van der Waals surface area contributed by atoms with Gasteiger partial charge < -0.3 is 9.47 Å². The minimum atomic E-state index is -3.64. The molecule has 1 atom stereocenters. The van der Waals surface area contributed by atoms with Crippen LogP contribution in [0, 0.1) is 0 Å². The van der Waals surface area contributed by atoms with Crippen molar-refractivity contribution in [2.24, 2.45) is 0 Å². The smallest absolute Gasteiger partial charge is 0.410 e. The molecule has 0 aliphatic carbocycles. The topological polar surface area (TPSA) is 93.2 Å². The summed E-state index contributed by atoms with van der Waals surface area (Å²) >= 11 is 3.30. The van der Waals surface area contributed by atoms with Gasteiger partial charge in [0.1, 0.15) is 13.2 Å². The van der Waals surface area contributed by atoms with Crippen molar-refractivity contribution in [1.82, 2.24) is 9.21 Å². The van der Waals surface area contributed by atoms with E-state index in [1.54, 1.807) is 24.3 Å². The summed E-state index contributed by atoms with van der Waals surface area (Å²) < 4.78 is 38.5. The van der Waals surface area contributed by atoms with Crippen molar-refractivity contribution in [1.29, 1.82) is 0 Å². The Bertz CT molecular complexity index is 1090. The number of piperidine rings is 1. The Morgan fingerprint density at radius 1 is 1.09 bits per heavy atom. The molecule has 2 aromatic rings. The first-order chi connectivity index (χ1) is 15.4. The number of halogens is 1.